The van der Waals surface area contributed by atoms with Gasteiger partial charge in [-0.05, 0) is 31.7 Å². The van der Waals surface area contributed by atoms with Crippen LogP contribution in [-0.2, 0) is 6.42 Å². The van der Waals surface area contributed by atoms with Gasteiger partial charge in [0.15, 0.2) is 0 Å². The van der Waals surface area contributed by atoms with Crippen LogP contribution in [0.4, 0.5) is 5.95 Å². The van der Waals surface area contributed by atoms with E-state index < -0.39 is 0 Å². The fraction of sp³-hybridized carbons (Fsp3) is 0.727. The van der Waals surface area contributed by atoms with Gasteiger partial charge in [-0.25, -0.2) is 4.98 Å². The molecule has 0 amide bonds. The second-order valence-corrected chi connectivity index (χ2v) is 4.28. The predicted octanol–water partition coefficient (Wildman–Crippen LogP) is 1.15. The summed E-state index contributed by atoms with van der Waals surface area (Å²) in [4.78, 5) is 10.1. The molecule has 0 saturated carbocycles. The van der Waals surface area contributed by atoms with Crippen LogP contribution in [-0.4, -0.2) is 29.6 Å². The third kappa shape index (κ3) is 2.31. The number of rotatable bonds is 3. The molecule has 1 unspecified atom stereocenters. The van der Waals surface area contributed by atoms with Gasteiger partial charge >= 0.3 is 0 Å². The Morgan fingerprint density at radius 1 is 1.67 bits per heavy atom. The van der Waals surface area contributed by atoms with Gasteiger partial charge in [-0.15, -0.1) is 0 Å². The zero-order valence-electron chi connectivity index (χ0n) is 9.37. The Labute approximate surface area is 90.9 Å². The Morgan fingerprint density at radius 3 is 3.20 bits per heavy atom. The third-order valence-corrected chi connectivity index (χ3v) is 3.15. The molecule has 0 bridgehead atoms. The SMILES string of the molecule is CCc1cnc(N2CCCC(CN)C2)[nH]1. The second kappa shape index (κ2) is 4.66. The number of aryl methyl sites for hydroxylation is 1. The zero-order chi connectivity index (χ0) is 10.7. The topological polar surface area (TPSA) is 57.9 Å². The quantitative estimate of drug-likeness (QED) is 0.783. The van der Waals surface area contributed by atoms with E-state index in [-0.39, 0.29) is 0 Å². The molecule has 0 spiro atoms. The lowest BCUT2D eigenvalue weighted by atomic mass is 9.99. The summed E-state index contributed by atoms with van der Waals surface area (Å²) in [5, 5.41) is 0. The normalized spacial score (nSPS) is 22.0. The molecule has 1 aromatic heterocycles. The number of anilines is 1. The molecule has 2 rings (SSSR count). The molecule has 4 heteroatoms. The second-order valence-electron chi connectivity index (χ2n) is 4.28. The minimum atomic E-state index is 0.633. The van der Waals surface area contributed by atoms with Gasteiger partial charge in [0, 0.05) is 18.8 Å². The van der Waals surface area contributed by atoms with E-state index in [4.69, 9.17) is 5.73 Å². The maximum atomic E-state index is 5.72. The molecule has 0 aromatic carbocycles. The molecular weight excluding hydrogens is 188 g/mol. The first kappa shape index (κ1) is 10.5. The van der Waals surface area contributed by atoms with E-state index in [1.54, 1.807) is 0 Å². The molecule has 84 valence electrons. The molecule has 4 nitrogen and oxygen atoms in total. The van der Waals surface area contributed by atoms with Crippen molar-refractivity contribution in [1.29, 1.82) is 0 Å². The highest BCUT2D eigenvalue weighted by molar-refractivity contribution is 5.32. The summed E-state index contributed by atoms with van der Waals surface area (Å²) in [5.41, 5.74) is 6.93. The summed E-state index contributed by atoms with van der Waals surface area (Å²) in [6.07, 6.45) is 5.43. The average molecular weight is 208 g/mol. The minimum absolute atomic E-state index is 0.633. The number of imidazole rings is 1. The van der Waals surface area contributed by atoms with Gasteiger partial charge < -0.3 is 15.6 Å². The van der Waals surface area contributed by atoms with E-state index >= 15 is 0 Å². The first-order valence-electron chi connectivity index (χ1n) is 5.82. The highest BCUT2D eigenvalue weighted by Gasteiger charge is 2.20. The van der Waals surface area contributed by atoms with E-state index in [1.807, 2.05) is 6.20 Å². The van der Waals surface area contributed by atoms with Crippen LogP contribution in [0, 0.1) is 5.92 Å². The first-order valence-corrected chi connectivity index (χ1v) is 5.82. The van der Waals surface area contributed by atoms with Gasteiger partial charge in [0.05, 0.1) is 6.20 Å². The van der Waals surface area contributed by atoms with Crippen molar-refractivity contribution >= 4 is 5.95 Å². The van der Waals surface area contributed by atoms with E-state index in [2.05, 4.69) is 21.8 Å². The van der Waals surface area contributed by atoms with Crippen molar-refractivity contribution in [3.05, 3.63) is 11.9 Å². The van der Waals surface area contributed by atoms with Crippen molar-refractivity contribution < 1.29 is 0 Å². The number of aromatic nitrogens is 2. The monoisotopic (exact) mass is 208 g/mol. The lowest BCUT2D eigenvalue weighted by Crippen LogP contribution is -2.38. The highest BCUT2D eigenvalue weighted by atomic mass is 15.3. The minimum Gasteiger partial charge on any atom is -0.342 e. The van der Waals surface area contributed by atoms with Crippen LogP contribution >= 0.6 is 0 Å². The average Bonchev–Trinajstić information content (AvgIpc) is 2.78. The maximum absolute atomic E-state index is 5.72. The maximum Gasteiger partial charge on any atom is 0.202 e. The number of nitrogens with zero attached hydrogens (tertiary/aromatic N) is 2. The van der Waals surface area contributed by atoms with Gasteiger partial charge in [0.2, 0.25) is 5.95 Å². The molecule has 1 aliphatic rings. The van der Waals surface area contributed by atoms with E-state index in [0.717, 1.165) is 32.0 Å². The van der Waals surface area contributed by atoms with Gasteiger partial charge in [0.1, 0.15) is 0 Å². The lowest BCUT2D eigenvalue weighted by Gasteiger charge is -2.31. The highest BCUT2D eigenvalue weighted by Crippen LogP contribution is 2.20. The van der Waals surface area contributed by atoms with Crippen LogP contribution in [0.25, 0.3) is 0 Å². The molecule has 3 N–H and O–H groups in total. The van der Waals surface area contributed by atoms with Crippen LogP contribution < -0.4 is 10.6 Å². The number of H-pyrrole nitrogens is 1. The molecule has 1 saturated heterocycles. The summed E-state index contributed by atoms with van der Waals surface area (Å²) in [6.45, 7) is 5.08. The Morgan fingerprint density at radius 2 is 2.53 bits per heavy atom. The van der Waals surface area contributed by atoms with Crippen LogP contribution in [0.5, 0.6) is 0 Å². The zero-order valence-corrected chi connectivity index (χ0v) is 9.37. The molecule has 1 aliphatic heterocycles. The summed E-state index contributed by atoms with van der Waals surface area (Å²) in [6, 6.07) is 0. The summed E-state index contributed by atoms with van der Waals surface area (Å²) in [7, 11) is 0. The first-order chi connectivity index (χ1) is 7.33. The molecule has 2 heterocycles. The fourth-order valence-corrected chi connectivity index (χ4v) is 2.14. The molecule has 1 atom stereocenters. The van der Waals surface area contributed by atoms with Crippen LogP contribution in [0.3, 0.4) is 0 Å². The Kier molecular flexibility index (Phi) is 3.26. The molecule has 1 fully saturated rings. The van der Waals surface area contributed by atoms with E-state index in [0.29, 0.717) is 5.92 Å². The molecular formula is C11H20N4. The molecule has 15 heavy (non-hydrogen) atoms. The van der Waals surface area contributed by atoms with Crippen molar-refractivity contribution in [2.45, 2.75) is 26.2 Å². The lowest BCUT2D eigenvalue weighted by molar-refractivity contribution is 0.420. The van der Waals surface area contributed by atoms with Crippen molar-refractivity contribution in [1.82, 2.24) is 9.97 Å². The van der Waals surface area contributed by atoms with Gasteiger partial charge in [0.25, 0.3) is 0 Å². The standard InChI is InChI=1S/C11H20N4/c1-2-10-7-13-11(14-10)15-5-3-4-9(6-12)8-15/h7,9H,2-6,8,12H2,1H3,(H,13,14). The van der Waals surface area contributed by atoms with Gasteiger partial charge in [-0.2, -0.15) is 0 Å². The van der Waals surface area contributed by atoms with Gasteiger partial charge in [-0.3, -0.25) is 0 Å². The van der Waals surface area contributed by atoms with E-state index in [9.17, 15) is 0 Å². The number of nitrogens with one attached hydrogen (secondary N) is 1. The number of hydrogen-bond acceptors (Lipinski definition) is 3. The van der Waals surface area contributed by atoms with Crippen LogP contribution in [0.2, 0.25) is 0 Å². The van der Waals surface area contributed by atoms with Gasteiger partial charge in [-0.1, -0.05) is 6.92 Å². The number of piperidine rings is 1. The van der Waals surface area contributed by atoms with E-state index in [1.165, 1.54) is 18.5 Å². The number of hydrogen-bond donors (Lipinski definition) is 2. The van der Waals surface area contributed by atoms with Crippen molar-refractivity contribution in [3.63, 3.8) is 0 Å². The van der Waals surface area contributed by atoms with Crippen LogP contribution in [0.1, 0.15) is 25.5 Å². The third-order valence-electron chi connectivity index (χ3n) is 3.15. The summed E-state index contributed by atoms with van der Waals surface area (Å²) < 4.78 is 0. The van der Waals surface area contributed by atoms with Crippen LogP contribution in [0.15, 0.2) is 6.20 Å². The molecule has 1 aromatic rings. The summed E-state index contributed by atoms with van der Waals surface area (Å²) >= 11 is 0. The summed E-state index contributed by atoms with van der Waals surface area (Å²) in [5.74, 6) is 1.65. The smallest absolute Gasteiger partial charge is 0.202 e. The van der Waals surface area contributed by atoms with Crippen molar-refractivity contribution in [2.24, 2.45) is 11.7 Å². The fourth-order valence-electron chi connectivity index (χ4n) is 2.14. The van der Waals surface area contributed by atoms with Crippen molar-refractivity contribution in [2.75, 3.05) is 24.5 Å². The molecule has 0 radical (unpaired) electrons. The Bertz CT molecular complexity index is 307. The predicted molar refractivity (Wildman–Crippen MR) is 62.0 cm³/mol. The number of aromatic amines is 1. The number of nitrogens with two attached hydrogens (primary N) is 1. The largest absolute Gasteiger partial charge is 0.342 e. The Balaban J connectivity index is 2.03. The Hall–Kier alpha value is -1.03. The van der Waals surface area contributed by atoms with Crippen molar-refractivity contribution in [3.8, 4) is 0 Å². The molecule has 0 aliphatic carbocycles.